The van der Waals surface area contributed by atoms with Gasteiger partial charge in [0, 0.05) is 11.5 Å². The lowest BCUT2D eigenvalue weighted by Crippen LogP contribution is -2.03. The Hall–Kier alpha value is -0.730. The van der Waals surface area contributed by atoms with E-state index in [0.717, 1.165) is 13.0 Å². The molecule has 0 aromatic heterocycles. The van der Waals surface area contributed by atoms with Gasteiger partial charge in [0.05, 0.1) is 0 Å². The number of hydrogen-bond donors (Lipinski definition) is 1. The number of azide groups is 1. The normalized spacial score (nSPS) is 31.2. The van der Waals surface area contributed by atoms with Crippen LogP contribution < -0.4 is 5.73 Å². The van der Waals surface area contributed by atoms with Crippen LogP contribution in [0.4, 0.5) is 0 Å². The molecule has 0 aromatic carbocycles. The van der Waals surface area contributed by atoms with Gasteiger partial charge in [-0.05, 0) is 30.3 Å². The summed E-state index contributed by atoms with van der Waals surface area (Å²) in [5, 5.41) is 3.46. The Labute approximate surface area is 53.7 Å². The van der Waals surface area contributed by atoms with Crippen molar-refractivity contribution in [3.63, 3.8) is 0 Å². The third-order valence-corrected chi connectivity index (χ3v) is 1.75. The van der Waals surface area contributed by atoms with E-state index < -0.39 is 0 Å². The Morgan fingerprint density at radius 1 is 1.67 bits per heavy atom. The van der Waals surface area contributed by atoms with Crippen LogP contribution >= 0.6 is 0 Å². The summed E-state index contributed by atoms with van der Waals surface area (Å²) in [5.41, 5.74) is 13.3. The minimum Gasteiger partial charge on any atom is -0.330 e. The Kier molecular flexibility index (Phi) is 1.92. The van der Waals surface area contributed by atoms with Crippen LogP contribution in [0.15, 0.2) is 5.11 Å². The molecule has 4 heteroatoms. The molecule has 0 heterocycles. The predicted molar refractivity (Wildman–Crippen MR) is 34.7 cm³/mol. The van der Waals surface area contributed by atoms with Crippen LogP contribution in [0.2, 0.25) is 0 Å². The van der Waals surface area contributed by atoms with E-state index in [1.54, 1.807) is 0 Å². The van der Waals surface area contributed by atoms with E-state index in [4.69, 9.17) is 11.3 Å². The monoisotopic (exact) mass is 126 g/mol. The molecule has 2 atom stereocenters. The number of nitrogens with two attached hydrogens (primary N) is 1. The first-order valence-corrected chi connectivity index (χ1v) is 3.09. The average molecular weight is 126 g/mol. The van der Waals surface area contributed by atoms with Crippen molar-refractivity contribution in [1.82, 2.24) is 0 Å². The fourth-order valence-electron chi connectivity index (χ4n) is 0.964. The first kappa shape index (κ1) is 6.39. The van der Waals surface area contributed by atoms with Crippen molar-refractivity contribution in [3.8, 4) is 0 Å². The zero-order chi connectivity index (χ0) is 6.69. The quantitative estimate of drug-likeness (QED) is 0.340. The lowest BCUT2D eigenvalue weighted by molar-refractivity contribution is 0.713. The van der Waals surface area contributed by atoms with E-state index >= 15 is 0 Å². The Bertz CT molecular complexity index is 138. The van der Waals surface area contributed by atoms with Crippen molar-refractivity contribution >= 4 is 0 Å². The van der Waals surface area contributed by atoms with Gasteiger partial charge < -0.3 is 5.73 Å². The molecule has 1 fully saturated rings. The van der Waals surface area contributed by atoms with E-state index in [-0.39, 0.29) is 0 Å². The molecule has 1 saturated carbocycles. The third kappa shape index (κ3) is 1.59. The molecule has 9 heavy (non-hydrogen) atoms. The van der Waals surface area contributed by atoms with E-state index in [1.807, 2.05) is 0 Å². The van der Waals surface area contributed by atoms with Crippen molar-refractivity contribution in [3.05, 3.63) is 10.4 Å². The number of rotatable bonds is 3. The standard InChI is InChI=1S/C5H10N4/c6-2-4-1-5(4)3-8-9-7/h4-5H,1-3,6H2/t4-,5+/m0/s1. The largest absolute Gasteiger partial charge is 0.330 e. The van der Waals surface area contributed by atoms with Gasteiger partial charge in [0.2, 0.25) is 0 Å². The highest BCUT2D eigenvalue weighted by Crippen LogP contribution is 2.37. The molecule has 1 aliphatic rings. The molecule has 0 bridgehead atoms. The van der Waals surface area contributed by atoms with Crippen LogP contribution in [0.3, 0.4) is 0 Å². The van der Waals surface area contributed by atoms with E-state index in [9.17, 15) is 0 Å². The fourth-order valence-corrected chi connectivity index (χ4v) is 0.964. The summed E-state index contributed by atoms with van der Waals surface area (Å²) in [6.07, 6.45) is 1.15. The van der Waals surface area contributed by atoms with Gasteiger partial charge in [0.15, 0.2) is 0 Å². The van der Waals surface area contributed by atoms with Crippen LogP contribution in [0.1, 0.15) is 6.42 Å². The van der Waals surface area contributed by atoms with Crippen molar-refractivity contribution < 1.29 is 0 Å². The van der Waals surface area contributed by atoms with Crippen LogP contribution in [0, 0.1) is 11.8 Å². The second-order valence-electron chi connectivity index (χ2n) is 2.41. The van der Waals surface area contributed by atoms with Crippen LogP contribution in [0.25, 0.3) is 10.4 Å². The van der Waals surface area contributed by atoms with Crippen LogP contribution in [-0.4, -0.2) is 13.1 Å². The van der Waals surface area contributed by atoms with Gasteiger partial charge in [0.1, 0.15) is 0 Å². The second kappa shape index (κ2) is 2.71. The van der Waals surface area contributed by atoms with E-state index in [2.05, 4.69) is 10.0 Å². The maximum Gasteiger partial charge on any atom is 0.0289 e. The molecule has 1 aliphatic carbocycles. The SMILES string of the molecule is [N-]=[N+]=NC[C@H]1C[C@H]1CN. The number of hydrogen-bond acceptors (Lipinski definition) is 2. The number of nitrogens with zero attached hydrogens (tertiary/aromatic N) is 3. The first-order valence-electron chi connectivity index (χ1n) is 3.09. The molecule has 0 saturated heterocycles. The van der Waals surface area contributed by atoms with E-state index in [0.29, 0.717) is 18.4 Å². The van der Waals surface area contributed by atoms with E-state index in [1.165, 1.54) is 0 Å². The van der Waals surface area contributed by atoms with Gasteiger partial charge in [-0.2, -0.15) is 0 Å². The van der Waals surface area contributed by atoms with Gasteiger partial charge in [0.25, 0.3) is 0 Å². The zero-order valence-corrected chi connectivity index (χ0v) is 5.20. The molecule has 0 aliphatic heterocycles. The van der Waals surface area contributed by atoms with Crippen molar-refractivity contribution in [2.24, 2.45) is 22.7 Å². The molecule has 50 valence electrons. The lowest BCUT2D eigenvalue weighted by Gasteiger charge is -1.86. The Morgan fingerprint density at radius 3 is 2.89 bits per heavy atom. The molecule has 0 unspecified atom stereocenters. The summed E-state index contributed by atoms with van der Waals surface area (Å²) in [5.74, 6) is 1.22. The van der Waals surface area contributed by atoms with Gasteiger partial charge in [-0.25, -0.2) is 0 Å². The predicted octanol–water partition coefficient (Wildman–Crippen LogP) is 0.891. The van der Waals surface area contributed by atoms with Gasteiger partial charge in [-0.3, -0.25) is 0 Å². The molecule has 0 radical (unpaired) electrons. The van der Waals surface area contributed by atoms with Crippen molar-refractivity contribution in [1.29, 1.82) is 0 Å². The summed E-state index contributed by atoms with van der Waals surface area (Å²) in [4.78, 5) is 2.67. The molecular formula is C5H10N4. The van der Waals surface area contributed by atoms with Crippen LogP contribution in [0.5, 0.6) is 0 Å². The molecule has 2 N–H and O–H groups in total. The smallest absolute Gasteiger partial charge is 0.0289 e. The minimum atomic E-state index is 0.589. The topological polar surface area (TPSA) is 74.8 Å². The summed E-state index contributed by atoms with van der Waals surface area (Å²) in [6.45, 7) is 1.38. The highest BCUT2D eigenvalue weighted by atomic mass is 15.1. The maximum atomic E-state index is 7.93. The van der Waals surface area contributed by atoms with Crippen LogP contribution in [-0.2, 0) is 0 Å². The van der Waals surface area contributed by atoms with Gasteiger partial charge in [-0.15, -0.1) is 0 Å². The maximum absolute atomic E-state index is 7.93. The molecule has 0 aromatic rings. The Morgan fingerprint density at radius 2 is 2.44 bits per heavy atom. The zero-order valence-electron chi connectivity index (χ0n) is 5.20. The second-order valence-corrected chi connectivity index (χ2v) is 2.41. The Balaban J connectivity index is 2.12. The minimum absolute atomic E-state index is 0.589. The molecule has 0 amide bonds. The van der Waals surface area contributed by atoms with Crippen molar-refractivity contribution in [2.45, 2.75) is 6.42 Å². The van der Waals surface area contributed by atoms with Gasteiger partial charge in [-0.1, -0.05) is 5.11 Å². The highest BCUT2D eigenvalue weighted by molar-refractivity contribution is 4.88. The highest BCUT2D eigenvalue weighted by Gasteiger charge is 2.34. The van der Waals surface area contributed by atoms with Crippen molar-refractivity contribution in [2.75, 3.05) is 13.1 Å². The molecule has 4 nitrogen and oxygen atoms in total. The summed E-state index contributed by atoms with van der Waals surface area (Å²) in [6, 6.07) is 0. The van der Waals surface area contributed by atoms with Gasteiger partial charge >= 0.3 is 0 Å². The fraction of sp³-hybridized carbons (Fsp3) is 1.00. The summed E-state index contributed by atoms with van der Waals surface area (Å²) in [7, 11) is 0. The first-order chi connectivity index (χ1) is 4.38. The molecular weight excluding hydrogens is 116 g/mol. The average Bonchev–Trinajstić information content (AvgIpc) is 2.62. The molecule has 0 spiro atoms. The lowest BCUT2D eigenvalue weighted by atomic mass is 10.3. The summed E-state index contributed by atoms with van der Waals surface area (Å²) >= 11 is 0. The summed E-state index contributed by atoms with van der Waals surface area (Å²) < 4.78 is 0. The molecule has 1 rings (SSSR count). The third-order valence-electron chi connectivity index (χ3n) is 1.75.